The maximum atomic E-state index is 12.1. The van der Waals surface area contributed by atoms with Gasteiger partial charge in [-0.25, -0.2) is 8.42 Å². The fourth-order valence-corrected chi connectivity index (χ4v) is 7.45. The lowest BCUT2D eigenvalue weighted by Crippen LogP contribution is -2.38. The maximum Gasteiger partial charge on any atom is 0.251 e. The van der Waals surface area contributed by atoms with Crippen LogP contribution in [0, 0.1) is 5.92 Å². The Morgan fingerprint density at radius 3 is 2.67 bits per heavy atom. The Hall–Kier alpha value is -0.760. The highest BCUT2D eigenvalue weighted by molar-refractivity contribution is 8.16. The molecule has 0 bridgehead atoms. The lowest BCUT2D eigenvalue weighted by Gasteiger charge is -2.25. The number of carbonyl (C=O) groups is 1. The summed E-state index contributed by atoms with van der Waals surface area (Å²) in [5, 5.41) is 1.33. The molecule has 4 rings (SSSR count). The number of nitrogens with zero attached hydrogens (tertiary/aromatic N) is 2. The van der Waals surface area contributed by atoms with Crippen LogP contribution < -0.4 is 4.90 Å². The lowest BCUT2D eigenvalue weighted by molar-refractivity contribution is -0.118. The number of benzene rings is 1. The van der Waals surface area contributed by atoms with Gasteiger partial charge in [-0.2, -0.15) is 4.99 Å². The summed E-state index contributed by atoms with van der Waals surface area (Å²) in [6.45, 7) is 0. The van der Waals surface area contributed by atoms with Crippen LogP contribution in [0.15, 0.2) is 23.2 Å². The molecule has 1 aliphatic carbocycles. The molecule has 2 aliphatic heterocycles. The molecule has 3 fully saturated rings. The van der Waals surface area contributed by atoms with E-state index in [1.807, 2.05) is 0 Å². The number of amidine groups is 1. The first kappa shape index (κ1) is 16.7. The van der Waals surface area contributed by atoms with Gasteiger partial charge in [-0.15, -0.1) is 0 Å². The number of carbonyl (C=O) groups excluding carboxylic acids is 1. The summed E-state index contributed by atoms with van der Waals surface area (Å²) in [5.41, 5.74) is 0.639. The quantitative estimate of drug-likeness (QED) is 0.757. The number of amides is 1. The van der Waals surface area contributed by atoms with Gasteiger partial charge in [-0.1, -0.05) is 35.0 Å². The van der Waals surface area contributed by atoms with Crippen molar-refractivity contribution in [3.8, 4) is 0 Å². The highest BCUT2D eigenvalue weighted by Gasteiger charge is 2.50. The number of fused-ring (bicyclic) bond motifs is 1. The summed E-state index contributed by atoms with van der Waals surface area (Å²) in [4.78, 5) is 18.2. The van der Waals surface area contributed by atoms with Crippen LogP contribution in [0.1, 0.15) is 12.8 Å². The van der Waals surface area contributed by atoms with Crippen molar-refractivity contribution < 1.29 is 13.2 Å². The van der Waals surface area contributed by atoms with Crippen LogP contribution in [0.4, 0.5) is 5.69 Å². The zero-order valence-electron chi connectivity index (χ0n) is 12.5. The van der Waals surface area contributed by atoms with Crippen LogP contribution in [0.3, 0.4) is 0 Å². The Morgan fingerprint density at radius 2 is 2.00 bits per heavy atom. The Bertz CT molecular complexity index is 852. The number of aliphatic imine (C=N–C) groups is 1. The zero-order valence-corrected chi connectivity index (χ0v) is 15.6. The lowest BCUT2D eigenvalue weighted by atomic mass is 10.2. The second-order valence-corrected chi connectivity index (χ2v) is 10.5. The second kappa shape index (κ2) is 5.90. The Balaban J connectivity index is 1.76. The van der Waals surface area contributed by atoms with Crippen molar-refractivity contribution in [3.63, 3.8) is 0 Å². The van der Waals surface area contributed by atoms with Crippen LogP contribution >= 0.6 is 35.0 Å². The molecule has 3 aliphatic rings. The monoisotopic (exact) mass is 404 g/mol. The number of rotatable bonds is 2. The third kappa shape index (κ3) is 3.07. The molecule has 1 saturated carbocycles. The predicted molar refractivity (Wildman–Crippen MR) is 97.9 cm³/mol. The molecular weight excluding hydrogens is 391 g/mol. The molecule has 128 valence electrons. The summed E-state index contributed by atoms with van der Waals surface area (Å²) >= 11 is 13.6. The minimum Gasteiger partial charge on any atom is -0.314 e. The van der Waals surface area contributed by atoms with Gasteiger partial charge < -0.3 is 4.90 Å². The molecule has 1 aromatic carbocycles. The van der Waals surface area contributed by atoms with Gasteiger partial charge in [0.25, 0.3) is 5.91 Å². The average Bonchev–Trinajstić information content (AvgIpc) is 3.22. The summed E-state index contributed by atoms with van der Waals surface area (Å²) in [5.74, 6) is 0.0289. The van der Waals surface area contributed by atoms with Crippen LogP contribution in [0.2, 0.25) is 10.0 Å². The first-order valence-corrected chi connectivity index (χ1v) is 11.0. The van der Waals surface area contributed by atoms with Crippen LogP contribution in [-0.2, 0) is 14.6 Å². The van der Waals surface area contributed by atoms with Gasteiger partial charge in [0.05, 0.1) is 28.3 Å². The molecule has 0 N–H and O–H groups in total. The molecule has 24 heavy (non-hydrogen) atoms. The number of halogens is 2. The topological polar surface area (TPSA) is 66.8 Å². The van der Waals surface area contributed by atoms with Crippen molar-refractivity contribution in [2.24, 2.45) is 10.9 Å². The van der Waals surface area contributed by atoms with E-state index in [0.29, 0.717) is 20.9 Å². The molecular formula is C15H14Cl2N2O3S2. The molecule has 5 nitrogen and oxygen atoms in total. The summed E-state index contributed by atoms with van der Waals surface area (Å²) in [7, 11) is -3.09. The normalized spacial score (nSPS) is 29.9. The second-order valence-electron chi connectivity index (χ2n) is 6.27. The van der Waals surface area contributed by atoms with Gasteiger partial charge >= 0.3 is 0 Å². The molecule has 1 amide bonds. The van der Waals surface area contributed by atoms with E-state index < -0.39 is 9.84 Å². The van der Waals surface area contributed by atoms with Crippen LogP contribution in [-0.4, -0.2) is 42.3 Å². The largest absolute Gasteiger partial charge is 0.314 e. The standard InChI is InChI=1S/C15H14Cl2N2O3S2/c16-9-3-4-11(10(17)5-9)19-12-6-24(21,22)7-13(12)23-15(19)18-14(20)8-1-2-8/h3-5,8,12-13H,1-2,6-7H2/t12-,13-/m0/s1. The Morgan fingerprint density at radius 1 is 1.25 bits per heavy atom. The fraction of sp³-hybridized carbons (Fsp3) is 0.467. The number of hydrogen-bond donors (Lipinski definition) is 0. The number of anilines is 1. The van der Waals surface area contributed by atoms with Gasteiger partial charge in [-0.05, 0) is 31.0 Å². The summed E-state index contributed by atoms with van der Waals surface area (Å²) in [6, 6.07) is 4.80. The van der Waals surface area contributed by atoms with E-state index in [0.717, 1.165) is 12.8 Å². The number of sulfone groups is 1. The molecule has 0 unspecified atom stereocenters. The molecule has 2 heterocycles. The van der Waals surface area contributed by atoms with Crippen molar-refractivity contribution in [3.05, 3.63) is 28.2 Å². The van der Waals surface area contributed by atoms with E-state index in [2.05, 4.69) is 4.99 Å². The minimum atomic E-state index is -3.09. The molecule has 0 spiro atoms. The highest BCUT2D eigenvalue weighted by atomic mass is 35.5. The minimum absolute atomic E-state index is 0.0183. The predicted octanol–water partition coefficient (Wildman–Crippen LogP) is 3.00. The van der Waals surface area contributed by atoms with Crippen molar-refractivity contribution in [1.29, 1.82) is 0 Å². The maximum absolute atomic E-state index is 12.1. The van der Waals surface area contributed by atoms with E-state index in [9.17, 15) is 13.2 Å². The van der Waals surface area contributed by atoms with Crippen LogP contribution in [0.25, 0.3) is 0 Å². The third-order valence-corrected chi connectivity index (χ3v) is 8.12. The van der Waals surface area contributed by atoms with Crippen LogP contribution in [0.5, 0.6) is 0 Å². The van der Waals surface area contributed by atoms with E-state index in [1.165, 1.54) is 11.8 Å². The van der Waals surface area contributed by atoms with E-state index in [-0.39, 0.29) is 34.6 Å². The van der Waals surface area contributed by atoms with Crippen molar-refractivity contribution in [2.45, 2.75) is 24.1 Å². The van der Waals surface area contributed by atoms with E-state index in [1.54, 1.807) is 23.1 Å². The molecule has 2 saturated heterocycles. The van der Waals surface area contributed by atoms with Gasteiger partial charge in [-0.3, -0.25) is 4.79 Å². The van der Waals surface area contributed by atoms with Gasteiger partial charge in [0.15, 0.2) is 15.0 Å². The zero-order chi connectivity index (χ0) is 17.1. The summed E-state index contributed by atoms with van der Waals surface area (Å²) < 4.78 is 24.0. The first-order chi connectivity index (χ1) is 11.3. The molecule has 0 radical (unpaired) electrons. The van der Waals surface area contributed by atoms with Crippen molar-refractivity contribution in [1.82, 2.24) is 0 Å². The Kier molecular flexibility index (Phi) is 4.10. The van der Waals surface area contributed by atoms with Gasteiger partial charge in [0.2, 0.25) is 0 Å². The van der Waals surface area contributed by atoms with Crippen molar-refractivity contribution in [2.75, 3.05) is 16.4 Å². The number of hydrogen-bond acceptors (Lipinski definition) is 4. The molecule has 2 atom stereocenters. The fourth-order valence-electron chi connectivity index (χ4n) is 3.04. The molecule has 0 aromatic heterocycles. The average molecular weight is 405 g/mol. The highest BCUT2D eigenvalue weighted by Crippen LogP contribution is 2.44. The smallest absolute Gasteiger partial charge is 0.251 e. The Labute approximate surface area is 154 Å². The molecule has 1 aromatic rings. The van der Waals surface area contributed by atoms with E-state index in [4.69, 9.17) is 23.2 Å². The summed E-state index contributed by atoms with van der Waals surface area (Å²) in [6.07, 6.45) is 1.76. The van der Waals surface area contributed by atoms with Crippen molar-refractivity contribution >= 4 is 61.6 Å². The number of thioether (sulfide) groups is 1. The first-order valence-electron chi connectivity index (χ1n) is 7.58. The molecule has 9 heteroatoms. The third-order valence-electron chi connectivity index (χ3n) is 4.37. The SMILES string of the molecule is O=C(N=C1S[C@H]2CS(=O)(=O)C[C@@H]2N1c1ccc(Cl)cc1Cl)C1CC1. The van der Waals surface area contributed by atoms with E-state index >= 15 is 0 Å². The van der Waals surface area contributed by atoms with Gasteiger partial charge in [0.1, 0.15) is 0 Å². The van der Waals surface area contributed by atoms with Gasteiger partial charge in [0, 0.05) is 16.2 Å².